The van der Waals surface area contributed by atoms with Crippen molar-refractivity contribution in [3.63, 3.8) is 0 Å². The van der Waals surface area contributed by atoms with Crippen LogP contribution in [-0.4, -0.2) is 0 Å². The van der Waals surface area contributed by atoms with Crippen molar-refractivity contribution in [1.82, 2.24) is 0 Å². The number of allylic oxidation sites excluding steroid dienone is 4. The zero-order valence-electron chi connectivity index (χ0n) is 6.83. The molecule has 0 amide bonds. The van der Waals surface area contributed by atoms with Crippen LogP contribution in [-0.2, 0) is 22.9 Å². The van der Waals surface area contributed by atoms with Crippen LogP contribution in [0, 0.1) is 0 Å². The van der Waals surface area contributed by atoms with Crippen molar-refractivity contribution in [2.45, 2.75) is 6.42 Å². The van der Waals surface area contributed by atoms with Gasteiger partial charge in [0.25, 0.3) is 0 Å². The van der Waals surface area contributed by atoms with Crippen LogP contribution in [0.1, 0.15) is 6.42 Å². The Hall–Kier alpha value is -0.430. The SMILES string of the molecule is C1=CC[C]([Hf][c]2ccccc2)=C1. The first-order chi connectivity index (χ1) is 5.95. The van der Waals surface area contributed by atoms with Gasteiger partial charge in [0, 0.05) is 0 Å². The molecule has 0 radical (unpaired) electrons. The van der Waals surface area contributed by atoms with E-state index in [1.54, 1.807) is 6.65 Å². The molecular formula is C11H10Hf. The fourth-order valence-corrected chi connectivity index (χ4v) is 5.30. The molecule has 2 rings (SSSR count). The molecule has 1 aliphatic carbocycles. The van der Waals surface area contributed by atoms with Gasteiger partial charge < -0.3 is 0 Å². The second-order valence-electron chi connectivity index (χ2n) is 2.82. The fraction of sp³-hybridized carbons (Fsp3) is 0.0909. The molecule has 1 aromatic rings. The Morgan fingerprint density at radius 3 is 2.58 bits per heavy atom. The Balaban J connectivity index is 2.05. The zero-order chi connectivity index (χ0) is 8.23. The van der Waals surface area contributed by atoms with Crippen LogP contribution in [0.5, 0.6) is 0 Å². The molecule has 0 fully saturated rings. The number of hydrogen-bond donors (Lipinski definition) is 0. The van der Waals surface area contributed by atoms with Gasteiger partial charge in [-0.2, -0.15) is 0 Å². The third kappa shape index (κ3) is 2.04. The minimum absolute atomic E-state index is 0.633. The summed E-state index contributed by atoms with van der Waals surface area (Å²) in [4.78, 5) is 0. The molecule has 0 bridgehead atoms. The van der Waals surface area contributed by atoms with E-state index in [1.165, 1.54) is 6.42 Å². The van der Waals surface area contributed by atoms with Crippen LogP contribution in [0.2, 0.25) is 0 Å². The van der Waals surface area contributed by atoms with Gasteiger partial charge in [-0.05, 0) is 0 Å². The van der Waals surface area contributed by atoms with Crippen LogP contribution in [0.4, 0.5) is 0 Å². The summed E-state index contributed by atoms with van der Waals surface area (Å²) in [5.41, 5.74) is 0. The first-order valence-electron chi connectivity index (χ1n) is 4.13. The molecule has 58 valence electrons. The summed E-state index contributed by atoms with van der Waals surface area (Å²) in [5.74, 6) is 0. The maximum atomic E-state index is 2.30. The molecular weight excluding hydrogens is 311 g/mol. The Bertz CT molecular complexity index is 309. The number of benzene rings is 1. The molecule has 1 aromatic carbocycles. The average molecular weight is 321 g/mol. The minimum atomic E-state index is -0.633. The Morgan fingerprint density at radius 1 is 1.08 bits per heavy atom. The summed E-state index contributed by atoms with van der Waals surface area (Å²) in [6, 6.07) is 10.9. The van der Waals surface area contributed by atoms with Crippen molar-refractivity contribution in [3.05, 3.63) is 51.9 Å². The zero-order valence-corrected chi connectivity index (χ0v) is 10.4. The van der Waals surface area contributed by atoms with Gasteiger partial charge >= 0.3 is 84.5 Å². The average Bonchev–Trinajstić information content (AvgIpc) is 2.59. The molecule has 0 saturated carbocycles. The molecule has 0 aliphatic heterocycles. The van der Waals surface area contributed by atoms with Crippen molar-refractivity contribution >= 4 is 3.32 Å². The van der Waals surface area contributed by atoms with Crippen molar-refractivity contribution in [3.8, 4) is 0 Å². The summed E-state index contributed by atoms with van der Waals surface area (Å²) < 4.78 is 3.31. The normalized spacial score (nSPS) is 14.5. The van der Waals surface area contributed by atoms with E-state index in [4.69, 9.17) is 0 Å². The first kappa shape index (κ1) is 8.18. The molecule has 0 nitrogen and oxygen atoms in total. The quantitative estimate of drug-likeness (QED) is 0.733. The molecule has 0 heterocycles. The van der Waals surface area contributed by atoms with E-state index >= 15 is 0 Å². The van der Waals surface area contributed by atoms with E-state index in [1.807, 2.05) is 0 Å². The standard InChI is InChI=1S/C6H5.C5H5.Hf/c1-2-4-6-5-3-1;1-2-4-5-3-1;/h1-5H;1-3H,4H2;. The molecule has 0 aromatic heterocycles. The number of rotatable bonds is 2. The van der Waals surface area contributed by atoms with E-state index in [-0.39, 0.29) is 0 Å². The third-order valence-corrected chi connectivity index (χ3v) is 6.57. The molecule has 0 N–H and O–H groups in total. The Labute approximate surface area is 84.4 Å². The van der Waals surface area contributed by atoms with Crippen molar-refractivity contribution in [1.29, 1.82) is 0 Å². The molecule has 0 unspecified atom stereocenters. The van der Waals surface area contributed by atoms with Gasteiger partial charge in [-0.25, -0.2) is 0 Å². The second-order valence-corrected chi connectivity index (χ2v) is 8.09. The summed E-state index contributed by atoms with van der Waals surface area (Å²) in [5, 5.41) is 0. The van der Waals surface area contributed by atoms with Gasteiger partial charge in [-0.3, -0.25) is 0 Å². The molecule has 1 heteroatoms. The van der Waals surface area contributed by atoms with E-state index in [2.05, 4.69) is 48.6 Å². The summed E-state index contributed by atoms with van der Waals surface area (Å²) in [6.45, 7) is 0. The number of hydrogen-bond acceptors (Lipinski definition) is 0. The Kier molecular flexibility index (Phi) is 2.72. The van der Waals surface area contributed by atoms with E-state index in [0.717, 1.165) is 0 Å². The van der Waals surface area contributed by atoms with Crippen molar-refractivity contribution in [2.24, 2.45) is 0 Å². The van der Waals surface area contributed by atoms with Crippen LogP contribution in [0.25, 0.3) is 0 Å². The van der Waals surface area contributed by atoms with Crippen LogP contribution < -0.4 is 3.32 Å². The monoisotopic (exact) mass is 322 g/mol. The van der Waals surface area contributed by atoms with E-state index < -0.39 is 22.9 Å². The summed E-state index contributed by atoms with van der Waals surface area (Å²) >= 11 is -0.633. The Morgan fingerprint density at radius 2 is 1.92 bits per heavy atom. The van der Waals surface area contributed by atoms with Gasteiger partial charge in [-0.15, -0.1) is 0 Å². The molecule has 0 spiro atoms. The van der Waals surface area contributed by atoms with Gasteiger partial charge in [0.15, 0.2) is 0 Å². The predicted octanol–water partition coefficient (Wildman–Crippen LogP) is 2.24. The first-order valence-corrected chi connectivity index (χ1v) is 7.72. The summed E-state index contributed by atoms with van der Waals surface area (Å²) in [6.07, 6.45) is 7.96. The third-order valence-electron chi connectivity index (χ3n) is 1.85. The van der Waals surface area contributed by atoms with E-state index in [9.17, 15) is 0 Å². The molecule has 1 aliphatic rings. The second kappa shape index (κ2) is 3.99. The fourth-order valence-electron chi connectivity index (χ4n) is 1.25. The topological polar surface area (TPSA) is 0 Å². The van der Waals surface area contributed by atoms with E-state index in [0.29, 0.717) is 0 Å². The van der Waals surface area contributed by atoms with Gasteiger partial charge in [-0.1, -0.05) is 0 Å². The molecule has 0 atom stereocenters. The molecule has 12 heavy (non-hydrogen) atoms. The van der Waals surface area contributed by atoms with Crippen molar-refractivity contribution in [2.75, 3.05) is 0 Å². The van der Waals surface area contributed by atoms with Crippen LogP contribution in [0.3, 0.4) is 0 Å². The van der Waals surface area contributed by atoms with Gasteiger partial charge in [0.1, 0.15) is 0 Å². The van der Waals surface area contributed by atoms with Crippen molar-refractivity contribution < 1.29 is 22.9 Å². The van der Waals surface area contributed by atoms with Crippen LogP contribution in [0.15, 0.2) is 51.9 Å². The van der Waals surface area contributed by atoms with Gasteiger partial charge in [0.2, 0.25) is 0 Å². The van der Waals surface area contributed by atoms with Crippen LogP contribution >= 0.6 is 0 Å². The van der Waals surface area contributed by atoms with Gasteiger partial charge in [0.05, 0.1) is 0 Å². The molecule has 0 saturated heterocycles. The predicted molar refractivity (Wildman–Crippen MR) is 47.9 cm³/mol. The summed E-state index contributed by atoms with van der Waals surface area (Å²) in [7, 11) is 0. The maximum absolute atomic E-state index is 2.30.